The summed E-state index contributed by atoms with van der Waals surface area (Å²) in [5.41, 5.74) is 1.53. The quantitative estimate of drug-likeness (QED) is 0.548. The smallest absolute Gasteiger partial charge is 0.410 e. The van der Waals surface area contributed by atoms with Gasteiger partial charge in [-0.1, -0.05) is 23.6 Å². The molecule has 1 atom stereocenters. The van der Waals surface area contributed by atoms with Gasteiger partial charge in [-0.25, -0.2) is 14.8 Å². The molecule has 1 saturated heterocycles. The first-order chi connectivity index (χ1) is 14.4. The zero-order chi connectivity index (χ0) is 20.9. The van der Waals surface area contributed by atoms with E-state index in [0.717, 1.165) is 21.2 Å². The summed E-state index contributed by atoms with van der Waals surface area (Å²) in [5, 5.41) is 11.9. The highest BCUT2D eigenvalue weighted by Gasteiger charge is 2.47. The van der Waals surface area contributed by atoms with Gasteiger partial charge in [0.05, 0.1) is 18.6 Å². The van der Waals surface area contributed by atoms with Crippen LogP contribution in [0.25, 0.3) is 0 Å². The van der Waals surface area contributed by atoms with Crippen LogP contribution in [0.5, 0.6) is 11.6 Å². The first-order valence-electron chi connectivity index (χ1n) is 9.19. The van der Waals surface area contributed by atoms with Crippen LogP contribution in [0.1, 0.15) is 23.6 Å². The molecule has 1 spiro atoms. The van der Waals surface area contributed by atoms with Gasteiger partial charge in [-0.3, -0.25) is 5.32 Å². The predicted octanol–water partition coefficient (Wildman–Crippen LogP) is 3.95. The van der Waals surface area contributed by atoms with E-state index >= 15 is 0 Å². The van der Waals surface area contributed by atoms with E-state index in [1.54, 1.807) is 6.20 Å². The van der Waals surface area contributed by atoms with Crippen LogP contribution in [0, 0.1) is 17.3 Å². The molecule has 2 aromatic rings. The van der Waals surface area contributed by atoms with Crippen molar-refractivity contribution in [2.45, 2.75) is 12.5 Å². The average molecular weight is 486 g/mol. The molecule has 1 amide bonds. The Kier molecular flexibility index (Phi) is 4.54. The maximum absolute atomic E-state index is 11.2. The van der Waals surface area contributed by atoms with Gasteiger partial charge in [0, 0.05) is 33.1 Å². The van der Waals surface area contributed by atoms with Gasteiger partial charge in [0.2, 0.25) is 5.88 Å². The summed E-state index contributed by atoms with van der Waals surface area (Å²) in [6, 6.07) is 7.68. The number of carbonyl (C=O) groups is 1. The van der Waals surface area contributed by atoms with E-state index in [9.17, 15) is 4.79 Å². The highest BCUT2D eigenvalue weighted by Crippen LogP contribution is 2.53. The van der Waals surface area contributed by atoms with Crippen LogP contribution in [0.3, 0.4) is 0 Å². The number of halogens is 1. The van der Waals surface area contributed by atoms with E-state index in [-0.39, 0.29) is 5.41 Å². The number of aromatic nitrogens is 1. The number of aliphatic imine (C=N–C) groups is 1. The molecule has 5 rings (SSSR count). The first-order valence-corrected chi connectivity index (χ1v) is 11.0. The molecule has 2 N–H and O–H groups in total. The van der Waals surface area contributed by atoms with E-state index < -0.39 is 11.6 Å². The van der Waals surface area contributed by atoms with Gasteiger partial charge in [-0.15, -0.1) is 0 Å². The minimum absolute atomic E-state index is 0.120. The molecule has 1 aromatic heterocycles. The van der Waals surface area contributed by atoms with Gasteiger partial charge >= 0.3 is 6.09 Å². The fourth-order valence-electron chi connectivity index (χ4n) is 3.62. The molecule has 9 heteroatoms. The molecule has 1 fully saturated rings. The van der Waals surface area contributed by atoms with E-state index in [1.165, 1.54) is 11.8 Å². The standard InChI is InChI=1S/C21H16BrN3O4S/c1-20(9-28-10-20)5-4-12-2-3-16-14(6-12)21(11-30-18(25-21)24-19(26)27)15-7-13(22)8-23-17(15)29-16/h2-3,6-8H,9-11H2,1H3,(H,24,25)(H,26,27). The molecule has 1 aromatic carbocycles. The zero-order valence-corrected chi connectivity index (χ0v) is 18.3. The number of nitrogens with zero attached hydrogens (tertiary/aromatic N) is 2. The first kappa shape index (κ1) is 19.4. The lowest BCUT2D eigenvalue weighted by atomic mass is 9.82. The number of thioether (sulfide) groups is 1. The van der Waals surface area contributed by atoms with Gasteiger partial charge in [0.1, 0.15) is 11.3 Å². The number of rotatable bonds is 0. The summed E-state index contributed by atoms with van der Waals surface area (Å²) in [4.78, 5) is 20.4. The van der Waals surface area contributed by atoms with Crippen LogP contribution in [-0.4, -0.2) is 40.3 Å². The fourth-order valence-corrected chi connectivity index (χ4v) is 5.05. The van der Waals surface area contributed by atoms with E-state index in [0.29, 0.717) is 35.8 Å². The van der Waals surface area contributed by atoms with Crippen LogP contribution in [-0.2, 0) is 10.3 Å². The van der Waals surface area contributed by atoms with Crippen LogP contribution >= 0.6 is 27.7 Å². The van der Waals surface area contributed by atoms with Crippen LogP contribution in [0.4, 0.5) is 4.79 Å². The van der Waals surface area contributed by atoms with E-state index in [1.807, 2.05) is 24.3 Å². The predicted molar refractivity (Wildman–Crippen MR) is 116 cm³/mol. The summed E-state index contributed by atoms with van der Waals surface area (Å²) in [7, 11) is 0. The highest BCUT2D eigenvalue weighted by molar-refractivity contribution is 9.10. The number of ether oxygens (including phenoxy) is 2. The number of nitrogens with one attached hydrogen (secondary N) is 1. The number of pyridine rings is 1. The van der Waals surface area contributed by atoms with E-state index in [4.69, 9.17) is 19.6 Å². The molecule has 7 nitrogen and oxygen atoms in total. The monoisotopic (exact) mass is 485 g/mol. The minimum Gasteiger partial charge on any atom is -0.465 e. The third kappa shape index (κ3) is 3.25. The molecule has 4 heterocycles. The Morgan fingerprint density at radius 3 is 2.90 bits per heavy atom. The fraction of sp³-hybridized carbons (Fsp3) is 0.286. The summed E-state index contributed by atoms with van der Waals surface area (Å²) in [6.07, 6.45) is 0.523. The van der Waals surface area contributed by atoms with Gasteiger partial charge in [0.15, 0.2) is 5.17 Å². The molecular formula is C21H16BrN3O4S. The molecule has 0 saturated carbocycles. The van der Waals surface area contributed by atoms with Crippen molar-refractivity contribution in [3.8, 4) is 23.5 Å². The molecule has 0 bridgehead atoms. The number of hydrogen-bond donors (Lipinski definition) is 2. The van der Waals surface area contributed by atoms with Crippen molar-refractivity contribution < 1.29 is 19.4 Å². The molecule has 30 heavy (non-hydrogen) atoms. The second-order valence-corrected chi connectivity index (χ2v) is 9.50. The minimum atomic E-state index is -1.14. The summed E-state index contributed by atoms with van der Waals surface area (Å²) < 4.78 is 12.1. The van der Waals surface area contributed by atoms with Gasteiger partial charge in [0.25, 0.3) is 0 Å². The Labute approximate surface area is 185 Å². The third-order valence-corrected chi connectivity index (χ3v) is 6.63. The molecule has 0 aliphatic carbocycles. The second-order valence-electron chi connectivity index (χ2n) is 7.62. The van der Waals surface area contributed by atoms with Crippen molar-refractivity contribution in [2.75, 3.05) is 19.0 Å². The Morgan fingerprint density at radius 2 is 2.17 bits per heavy atom. The highest BCUT2D eigenvalue weighted by atomic mass is 79.9. The maximum atomic E-state index is 11.2. The number of fused-ring (bicyclic) bond motifs is 4. The molecular weight excluding hydrogens is 470 g/mol. The summed E-state index contributed by atoms with van der Waals surface area (Å²) in [5.74, 6) is 8.16. The number of benzene rings is 1. The summed E-state index contributed by atoms with van der Waals surface area (Å²) >= 11 is 4.83. The average Bonchev–Trinajstić information content (AvgIpc) is 3.10. The second kappa shape index (κ2) is 7.01. The largest absolute Gasteiger partial charge is 0.465 e. The van der Waals surface area contributed by atoms with Gasteiger partial charge in [-0.05, 0) is 47.1 Å². The maximum Gasteiger partial charge on any atom is 0.410 e. The van der Waals surface area contributed by atoms with Crippen molar-refractivity contribution in [3.63, 3.8) is 0 Å². The number of hydrogen-bond acceptors (Lipinski definition) is 6. The van der Waals surface area contributed by atoms with Gasteiger partial charge < -0.3 is 14.6 Å². The lowest BCUT2D eigenvalue weighted by Gasteiger charge is -2.34. The van der Waals surface area contributed by atoms with Crippen LogP contribution in [0.15, 0.2) is 39.9 Å². The Balaban J connectivity index is 1.64. The molecule has 3 aliphatic rings. The van der Waals surface area contributed by atoms with Crippen molar-refractivity contribution in [1.82, 2.24) is 10.3 Å². The molecule has 1 unspecified atom stereocenters. The lowest BCUT2D eigenvalue weighted by molar-refractivity contribution is -0.0648. The van der Waals surface area contributed by atoms with E-state index in [2.05, 4.69) is 45.0 Å². The van der Waals surface area contributed by atoms with Crippen molar-refractivity contribution in [2.24, 2.45) is 10.4 Å². The third-order valence-electron chi connectivity index (χ3n) is 5.17. The normalized spacial score (nSPS) is 22.5. The molecule has 152 valence electrons. The molecule has 0 radical (unpaired) electrons. The SMILES string of the molecule is CC1(C#Cc2ccc3c(c2)C2(CSC(NC(=O)O)=N2)c2cc(Br)cnc2O3)COC1. The Hall–Kier alpha value is -2.54. The number of amidine groups is 1. The molecule has 3 aliphatic heterocycles. The van der Waals surface area contributed by atoms with Crippen LogP contribution in [0.2, 0.25) is 0 Å². The lowest BCUT2D eigenvalue weighted by Crippen LogP contribution is -2.38. The van der Waals surface area contributed by atoms with Crippen LogP contribution < -0.4 is 10.1 Å². The number of carboxylic acid groups (broad SMARTS) is 1. The summed E-state index contributed by atoms with van der Waals surface area (Å²) in [6.45, 7) is 3.35. The Morgan fingerprint density at radius 1 is 1.33 bits per heavy atom. The zero-order valence-electron chi connectivity index (χ0n) is 15.9. The number of amides is 1. The topological polar surface area (TPSA) is 93.0 Å². The van der Waals surface area contributed by atoms with Gasteiger partial charge in [-0.2, -0.15) is 0 Å². The van der Waals surface area contributed by atoms with Crippen molar-refractivity contribution in [3.05, 3.63) is 51.6 Å². The van der Waals surface area contributed by atoms with Crippen molar-refractivity contribution >= 4 is 39.0 Å². The van der Waals surface area contributed by atoms with Crippen molar-refractivity contribution in [1.29, 1.82) is 0 Å². The Bertz CT molecular complexity index is 1170.